The SMILES string of the molecule is OC1C[C@@H]2[C@@H](/C=C/C(F)(F)COc3cc(Cl)cc(Cl)c3)[C@H](O)C[C@@H]2O1. The molecular weight excluding hydrogens is 377 g/mol. The van der Waals surface area contributed by atoms with Gasteiger partial charge in [0.1, 0.15) is 5.75 Å². The Bertz CT molecular complexity index is 635. The highest BCUT2D eigenvalue weighted by molar-refractivity contribution is 6.34. The maximum Gasteiger partial charge on any atom is 0.299 e. The summed E-state index contributed by atoms with van der Waals surface area (Å²) < 4.78 is 38.5. The molecule has 1 saturated carbocycles. The van der Waals surface area contributed by atoms with Crippen LogP contribution < -0.4 is 4.74 Å². The molecule has 0 radical (unpaired) electrons. The molecule has 2 aliphatic rings. The topological polar surface area (TPSA) is 58.9 Å². The third kappa shape index (κ3) is 4.63. The fourth-order valence-corrected chi connectivity index (χ4v) is 3.93. The lowest BCUT2D eigenvalue weighted by Gasteiger charge is -2.18. The van der Waals surface area contributed by atoms with E-state index >= 15 is 0 Å². The van der Waals surface area contributed by atoms with Gasteiger partial charge in [-0.15, -0.1) is 0 Å². The van der Waals surface area contributed by atoms with E-state index in [-0.39, 0.29) is 17.8 Å². The van der Waals surface area contributed by atoms with Crippen LogP contribution in [0.3, 0.4) is 0 Å². The van der Waals surface area contributed by atoms with Crippen molar-refractivity contribution in [3.63, 3.8) is 0 Å². The van der Waals surface area contributed by atoms with E-state index in [9.17, 15) is 19.0 Å². The van der Waals surface area contributed by atoms with Gasteiger partial charge in [-0.05, 0) is 30.2 Å². The second kappa shape index (κ2) is 7.37. The summed E-state index contributed by atoms with van der Waals surface area (Å²) in [5.41, 5.74) is 0. The first-order valence-corrected chi connectivity index (χ1v) is 8.67. The van der Waals surface area contributed by atoms with Crippen LogP contribution >= 0.6 is 23.2 Å². The molecule has 0 spiro atoms. The molecule has 1 aliphatic carbocycles. The molecule has 1 aromatic carbocycles. The maximum atomic E-state index is 14.1. The van der Waals surface area contributed by atoms with Crippen LogP contribution in [0.15, 0.2) is 30.4 Å². The van der Waals surface area contributed by atoms with E-state index in [2.05, 4.69) is 0 Å². The summed E-state index contributed by atoms with van der Waals surface area (Å²) in [6, 6.07) is 4.27. The summed E-state index contributed by atoms with van der Waals surface area (Å²) in [5, 5.41) is 20.1. The van der Waals surface area contributed by atoms with Gasteiger partial charge in [0.15, 0.2) is 12.9 Å². The zero-order valence-electron chi connectivity index (χ0n) is 13.1. The summed E-state index contributed by atoms with van der Waals surface area (Å²) in [4.78, 5) is 0. The molecule has 8 heteroatoms. The van der Waals surface area contributed by atoms with Gasteiger partial charge in [-0.2, -0.15) is 8.78 Å². The van der Waals surface area contributed by atoms with Crippen molar-refractivity contribution in [1.82, 2.24) is 0 Å². The molecular formula is C17H18Cl2F2O4. The van der Waals surface area contributed by atoms with E-state index < -0.39 is 30.8 Å². The first-order chi connectivity index (χ1) is 11.7. The highest BCUT2D eigenvalue weighted by Crippen LogP contribution is 2.43. The van der Waals surface area contributed by atoms with Crippen molar-refractivity contribution >= 4 is 23.2 Å². The van der Waals surface area contributed by atoms with E-state index in [4.69, 9.17) is 32.7 Å². The number of alkyl halides is 2. The van der Waals surface area contributed by atoms with E-state index in [1.807, 2.05) is 0 Å². The lowest BCUT2D eigenvalue weighted by atomic mass is 9.91. The van der Waals surface area contributed by atoms with E-state index in [1.54, 1.807) is 0 Å². The fraction of sp³-hybridized carbons (Fsp3) is 0.529. The third-order valence-electron chi connectivity index (χ3n) is 4.53. The number of rotatable bonds is 5. The summed E-state index contributed by atoms with van der Waals surface area (Å²) in [7, 11) is 0. The summed E-state index contributed by atoms with van der Waals surface area (Å²) in [5.74, 6) is -3.72. The molecule has 1 saturated heterocycles. The van der Waals surface area contributed by atoms with Crippen LogP contribution in [-0.4, -0.2) is 41.2 Å². The minimum absolute atomic E-state index is 0.152. The smallest absolute Gasteiger partial charge is 0.299 e. The van der Waals surface area contributed by atoms with Gasteiger partial charge in [0.2, 0.25) is 0 Å². The Hall–Kier alpha value is -0.920. The molecule has 2 N–H and O–H groups in total. The van der Waals surface area contributed by atoms with Crippen LogP contribution in [0.4, 0.5) is 8.78 Å². The quantitative estimate of drug-likeness (QED) is 0.748. The Kier molecular flexibility index (Phi) is 5.56. The number of hydrogen-bond acceptors (Lipinski definition) is 4. The van der Waals surface area contributed by atoms with Gasteiger partial charge in [0.05, 0.1) is 12.2 Å². The fourth-order valence-electron chi connectivity index (χ4n) is 3.42. The van der Waals surface area contributed by atoms with Gasteiger partial charge in [0.25, 0.3) is 5.92 Å². The average Bonchev–Trinajstić information content (AvgIpc) is 2.97. The van der Waals surface area contributed by atoms with Crippen LogP contribution in [0.25, 0.3) is 0 Å². The van der Waals surface area contributed by atoms with Gasteiger partial charge in [-0.3, -0.25) is 0 Å². The van der Waals surface area contributed by atoms with Crippen molar-refractivity contribution in [2.45, 2.75) is 37.3 Å². The second-order valence-electron chi connectivity index (χ2n) is 6.42. The van der Waals surface area contributed by atoms with Gasteiger partial charge in [0, 0.05) is 28.8 Å². The molecule has 2 fully saturated rings. The molecule has 0 amide bonds. The van der Waals surface area contributed by atoms with Crippen LogP contribution in [0.1, 0.15) is 12.8 Å². The summed E-state index contributed by atoms with van der Waals surface area (Å²) in [6.45, 7) is -0.879. The van der Waals surface area contributed by atoms with Gasteiger partial charge in [-0.1, -0.05) is 29.3 Å². The zero-order chi connectivity index (χ0) is 18.2. The number of fused-ring (bicyclic) bond motifs is 1. The molecule has 138 valence electrons. The lowest BCUT2D eigenvalue weighted by molar-refractivity contribution is -0.0949. The van der Waals surface area contributed by atoms with Crippen molar-refractivity contribution in [3.8, 4) is 5.75 Å². The van der Waals surface area contributed by atoms with E-state index in [0.29, 0.717) is 22.9 Å². The molecule has 0 aromatic heterocycles. The summed E-state index contributed by atoms with van der Waals surface area (Å²) in [6.07, 6.45) is 0.750. The normalized spacial score (nSPS) is 32.3. The molecule has 3 rings (SSSR count). The number of hydrogen-bond donors (Lipinski definition) is 2. The highest BCUT2D eigenvalue weighted by atomic mass is 35.5. The Morgan fingerprint density at radius 2 is 1.88 bits per heavy atom. The molecule has 5 atom stereocenters. The number of aliphatic hydroxyl groups is 2. The monoisotopic (exact) mass is 394 g/mol. The molecule has 4 nitrogen and oxygen atoms in total. The van der Waals surface area contributed by atoms with Crippen LogP contribution in [-0.2, 0) is 4.74 Å². The molecule has 1 aromatic rings. The summed E-state index contributed by atoms with van der Waals surface area (Å²) >= 11 is 11.6. The van der Waals surface area contributed by atoms with Crippen molar-refractivity contribution in [2.75, 3.05) is 6.61 Å². The molecule has 1 heterocycles. The van der Waals surface area contributed by atoms with Crippen molar-refractivity contribution < 1.29 is 28.5 Å². The van der Waals surface area contributed by atoms with Crippen LogP contribution in [0.5, 0.6) is 5.75 Å². The molecule has 25 heavy (non-hydrogen) atoms. The van der Waals surface area contributed by atoms with Gasteiger partial charge < -0.3 is 19.7 Å². The predicted molar refractivity (Wildman–Crippen MR) is 89.1 cm³/mol. The zero-order valence-corrected chi connectivity index (χ0v) is 14.6. The van der Waals surface area contributed by atoms with Gasteiger partial charge >= 0.3 is 0 Å². The minimum Gasteiger partial charge on any atom is -0.487 e. The van der Waals surface area contributed by atoms with Crippen molar-refractivity contribution in [1.29, 1.82) is 0 Å². The number of aliphatic hydroxyl groups excluding tert-OH is 2. The van der Waals surface area contributed by atoms with E-state index in [0.717, 1.165) is 6.08 Å². The largest absolute Gasteiger partial charge is 0.487 e. The average molecular weight is 395 g/mol. The Morgan fingerprint density at radius 3 is 2.56 bits per heavy atom. The van der Waals surface area contributed by atoms with E-state index in [1.165, 1.54) is 24.3 Å². The highest BCUT2D eigenvalue weighted by Gasteiger charge is 2.48. The van der Waals surface area contributed by atoms with Crippen molar-refractivity contribution in [3.05, 3.63) is 40.4 Å². The second-order valence-corrected chi connectivity index (χ2v) is 7.30. The first-order valence-electron chi connectivity index (χ1n) is 7.91. The molecule has 0 bridgehead atoms. The number of ether oxygens (including phenoxy) is 2. The Morgan fingerprint density at radius 1 is 1.20 bits per heavy atom. The molecule has 1 unspecified atom stereocenters. The van der Waals surface area contributed by atoms with Crippen LogP contribution in [0.2, 0.25) is 10.0 Å². The van der Waals surface area contributed by atoms with Crippen LogP contribution in [0, 0.1) is 11.8 Å². The third-order valence-corrected chi connectivity index (χ3v) is 4.96. The Labute approximate surface area is 153 Å². The maximum absolute atomic E-state index is 14.1. The lowest BCUT2D eigenvalue weighted by Crippen LogP contribution is -2.25. The predicted octanol–water partition coefficient (Wildman–Crippen LogP) is 3.67. The molecule has 1 aliphatic heterocycles. The first kappa shape index (κ1) is 18.9. The minimum atomic E-state index is -3.23. The van der Waals surface area contributed by atoms with Gasteiger partial charge in [-0.25, -0.2) is 0 Å². The van der Waals surface area contributed by atoms with Crippen molar-refractivity contribution in [2.24, 2.45) is 11.8 Å². The Balaban J connectivity index is 1.61. The number of halogens is 4. The number of benzene rings is 1. The standard InChI is InChI=1S/C17H18Cl2F2O4/c18-9-3-10(19)5-11(4-9)24-8-17(20,21)2-1-12-13-6-16(23)25-15(13)7-14(12)22/h1-5,12-16,22-23H,6-8H2/b2-1+/t12-,13-,14-,15+,16?/m1/s1.